The summed E-state index contributed by atoms with van der Waals surface area (Å²) in [7, 11) is 0. The molecule has 3 aromatic rings. The molecule has 0 radical (unpaired) electrons. The minimum atomic E-state index is -4.83. The molecule has 1 aliphatic rings. The number of primary amides is 1. The van der Waals surface area contributed by atoms with E-state index in [0.717, 1.165) is 10.5 Å². The van der Waals surface area contributed by atoms with Crippen LogP contribution in [-0.4, -0.2) is 54.7 Å². The van der Waals surface area contributed by atoms with Crippen molar-refractivity contribution in [1.29, 1.82) is 0 Å². The van der Waals surface area contributed by atoms with Gasteiger partial charge < -0.3 is 15.8 Å². The molecule has 1 aliphatic heterocycles. The molecule has 0 bridgehead atoms. The van der Waals surface area contributed by atoms with E-state index in [1.54, 1.807) is 72.8 Å². The molecule has 0 unspecified atom stereocenters. The number of hydrogen-bond donors (Lipinski definition) is 2. The molecule has 0 aromatic heterocycles. The number of benzodiazepines with no additional fused rings is 1. The predicted octanol–water partition coefficient (Wildman–Crippen LogP) is 5.77. The van der Waals surface area contributed by atoms with E-state index in [-0.39, 0.29) is 17.8 Å². The molecule has 3 aromatic carbocycles. The third kappa shape index (κ3) is 10.4. The monoisotopic (exact) mass is 704 g/mol. The lowest BCUT2D eigenvalue weighted by molar-refractivity contribution is -0.152. The zero-order chi connectivity index (χ0) is 36.6. The second-order valence-corrected chi connectivity index (χ2v) is 11.8. The van der Waals surface area contributed by atoms with Crippen LogP contribution in [0.25, 0.3) is 0 Å². The maximum absolute atomic E-state index is 14.1. The molecule has 3 amide bonds. The standard InChI is InChI=1S/C35H34F6N4O5/c1-21-11-13-22(14-12-21)19-28(46)50-20-45-27-10-6-5-9-26(27)29(23-7-3-2-4-8-23)43-31(33(45)49)44-32(48)25(16-18-35(39,40)41)24(30(42)47)15-17-34(36,37)38/h2-14,24-25,31H,15-20H2,1H3,(H2,42,47)(H,44,48)/t24-,25+,31+/m0/s1. The van der Waals surface area contributed by atoms with Crippen LogP contribution in [0.3, 0.4) is 0 Å². The summed E-state index contributed by atoms with van der Waals surface area (Å²) in [5, 5.41) is 2.26. The van der Waals surface area contributed by atoms with Crippen molar-refractivity contribution >= 4 is 35.1 Å². The number of rotatable bonds is 13. The Kier molecular flexibility index (Phi) is 12.0. The van der Waals surface area contributed by atoms with Crippen LogP contribution in [0.15, 0.2) is 83.9 Å². The molecule has 0 saturated carbocycles. The second-order valence-electron chi connectivity index (χ2n) is 11.8. The Morgan fingerprint density at radius 3 is 2.04 bits per heavy atom. The molecule has 3 atom stereocenters. The summed E-state index contributed by atoms with van der Waals surface area (Å²) in [6.45, 7) is 1.22. The molecule has 0 aliphatic carbocycles. The summed E-state index contributed by atoms with van der Waals surface area (Å²) in [5.74, 6) is -8.36. The lowest BCUT2D eigenvalue weighted by Crippen LogP contribution is -2.51. The lowest BCUT2D eigenvalue weighted by atomic mass is 9.83. The van der Waals surface area contributed by atoms with Crippen molar-refractivity contribution in [3.8, 4) is 0 Å². The van der Waals surface area contributed by atoms with Gasteiger partial charge in [-0.05, 0) is 31.4 Å². The zero-order valence-electron chi connectivity index (χ0n) is 26.8. The van der Waals surface area contributed by atoms with Gasteiger partial charge in [0.25, 0.3) is 5.91 Å². The van der Waals surface area contributed by atoms with E-state index < -0.39 is 86.5 Å². The van der Waals surface area contributed by atoms with Crippen LogP contribution in [0.5, 0.6) is 0 Å². The highest BCUT2D eigenvalue weighted by Gasteiger charge is 2.41. The first kappa shape index (κ1) is 37.6. The lowest BCUT2D eigenvalue weighted by Gasteiger charge is -2.28. The van der Waals surface area contributed by atoms with Gasteiger partial charge in [0.2, 0.25) is 18.0 Å². The fourth-order valence-corrected chi connectivity index (χ4v) is 5.48. The van der Waals surface area contributed by atoms with Gasteiger partial charge in [0.05, 0.1) is 17.8 Å². The number of anilines is 1. The normalized spacial score (nSPS) is 16.1. The molecule has 15 heteroatoms. The maximum atomic E-state index is 14.1. The van der Waals surface area contributed by atoms with Crippen molar-refractivity contribution in [2.45, 2.75) is 57.5 Å². The molecule has 266 valence electrons. The number of para-hydroxylation sites is 1. The van der Waals surface area contributed by atoms with E-state index in [1.165, 1.54) is 6.07 Å². The third-order valence-corrected chi connectivity index (χ3v) is 8.02. The van der Waals surface area contributed by atoms with Crippen LogP contribution in [0.4, 0.5) is 32.0 Å². The molecule has 3 N–H and O–H groups in total. The Morgan fingerprint density at radius 1 is 0.860 bits per heavy atom. The van der Waals surface area contributed by atoms with Crippen LogP contribution < -0.4 is 16.0 Å². The zero-order valence-corrected chi connectivity index (χ0v) is 26.8. The van der Waals surface area contributed by atoms with E-state index in [0.29, 0.717) is 16.7 Å². The average Bonchev–Trinajstić information content (AvgIpc) is 3.16. The molecule has 50 heavy (non-hydrogen) atoms. The number of aliphatic imine (C=N–C) groups is 1. The number of halogens is 6. The van der Waals surface area contributed by atoms with E-state index in [4.69, 9.17) is 10.5 Å². The predicted molar refractivity (Wildman–Crippen MR) is 171 cm³/mol. The quantitative estimate of drug-likeness (QED) is 0.173. The number of fused-ring (bicyclic) bond motifs is 1. The number of benzene rings is 3. The smallest absolute Gasteiger partial charge is 0.389 e. The first-order valence-electron chi connectivity index (χ1n) is 15.5. The number of amides is 3. The number of alkyl halides is 6. The number of hydrogen-bond acceptors (Lipinski definition) is 6. The summed E-state index contributed by atoms with van der Waals surface area (Å²) < 4.78 is 84.6. The van der Waals surface area contributed by atoms with Gasteiger partial charge in [-0.2, -0.15) is 26.3 Å². The average molecular weight is 705 g/mol. The van der Waals surface area contributed by atoms with Crippen molar-refractivity contribution in [3.63, 3.8) is 0 Å². The molecular weight excluding hydrogens is 670 g/mol. The third-order valence-electron chi connectivity index (χ3n) is 8.02. The van der Waals surface area contributed by atoms with E-state index in [9.17, 15) is 45.5 Å². The van der Waals surface area contributed by atoms with Crippen molar-refractivity contribution in [1.82, 2.24) is 5.32 Å². The van der Waals surface area contributed by atoms with Crippen LogP contribution in [0.2, 0.25) is 0 Å². The van der Waals surface area contributed by atoms with Gasteiger partial charge in [-0.25, -0.2) is 4.99 Å². The second kappa shape index (κ2) is 16.0. The molecule has 0 saturated heterocycles. The first-order valence-corrected chi connectivity index (χ1v) is 15.5. The summed E-state index contributed by atoms with van der Waals surface area (Å²) >= 11 is 0. The Bertz CT molecular complexity index is 1710. The molecule has 0 fully saturated rings. The van der Waals surface area contributed by atoms with E-state index in [1.807, 2.05) is 6.92 Å². The number of ether oxygens (including phenoxy) is 1. The number of nitrogens with two attached hydrogens (primary N) is 1. The number of nitrogens with one attached hydrogen (secondary N) is 1. The minimum absolute atomic E-state index is 0.136. The molecule has 1 heterocycles. The van der Waals surface area contributed by atoms with Gasteiger partial charge in [0.1, 0.15) is 0 Å². The van der Waals surface area contributed by atoms with Gasteiger partial charge in [-0.1, -0.05) is 78.4 Å². The maximum Gasteiger partial charge on any atom is 0.389 e. The van der Waals surface area contributed by atoms with Crippen LogP contribution in [-0.2, 0) is 30.3 Å². The molecule has 0 spiro atoms. The number of esters is 1. The van der Waals surface area contributed by atoms with Crippen LogP contribution in [0, 0.1) is 18.8 Å². The summed E-state index contributed by atoms with van der Waals surface area (Å²) in [5.41, 5.74) is 8.16. The van der Waals surface area contributed by atoms with Crippen molar-refractivity contribution in [2.75, 3.05) is 11.6 Å². The fraction of sp³-hybridized carbons (Fsp3) is 0.343. The molecule has 4 rings (SSSR count). The Labute approximate surface area is 283 Å². The fourth-order valence-electron chi connectivity index (χ4n) is 5.48. The topological polar surface area (TPSA) is 131 Å². The van der Waals surface area contributed by atoms with Gasteiger partial charge in [0, 0.05) is 35.8 Å². The van der Waals surface area contributed by atoms with Gasteiger partial charge in [0.15, 0.2) is 6.73 Å². The summed E-state index contributed by atoms with van der Waals surface area (Å²) in [6, 6.07) is 21.9. The highest BCUT2D eigenvalue weighted by Crippen LogP contribution is 2.33. The Balaban J connectivity index is 1.71. The van der Waals surface area contributed by atoms with E-state index in [2.05, 4.69) is 10.3 Å². The number of carbonyl (C=O) groups is 4. The summed E-state index contributed by atoms with van der Waals surface area (Å²) in [4.78, 5) is 58.4. The van der Waals surface area contributed by atoms with Crippen molar-refractivity contribution < 1.29 is 50.3 Å². The number of nitrogens with zero attached hydrogens (tertiary/aromatic N) is 2. The van der Waals surface area contributed by atoms with Crippen molar-refractivity contribution in [3.05, 3.63) is 101 Å². The Hall–Kier alpha value is -5.21. The SMILES string of the molecule is Cc1ccc(CC(=O)OCN2C(=O)[C@@H](NC(=O)[C@H](CCC(F)(F)F)[C@H](CCC(F)(F)F)C(N)=O)N=C(c3ccccc3)c3ccccc32)cc1. The highest BCUT2D eigenvalue weighted by atomic mass is 19.4. The Morgan fingerprint density at radius 2 is 1.44 bits per heavy atom. The number of aryl methyl sites for hydroxylation is 1. The molecular formula is C35H34F6N4O5. The summed E-state index contributed by atoms with van der Waals surface area (Å²) in [6.07, 6.45) is -17.0. The first-order chi connectivity index (χ1) is 23.5. The van der Waals surface area contributed by atoms with Gasteiger partial charge >= 0.3 is 18.3 Å². The largest absolute Gasteiger partial charge is 0.444 e. The molecule has 9 nitrogen and oxygen atoms in total. The number of carbonyl (C=O) groups excluding carboxylic acids is 4. The van der Waals surface area contributed by atoms with Crippen LogP contribution >= 0.6 is 0 Å². The van der Waals surface area contributed by atoms with Crippen LogP contribution in [0.1, 0.15) is 47.9 Å². The van der Waals surface area contributed by atoms with E-state index >= 15 is 0 Å². The highest BCUT2D eigenvalue weighted by molar-refractivity contribution is 6.20. The van der Waals surface area contributed by atoms with Gasteiger partial charge in [-0.15, -0.1) is 0 Å². The van der Waals surface area contributed by atoms with Crippen molar-refractivity contribution in [2.24, 2.45) is 22.6 Å². The minimum Gasteiger partial charge on any atom is -0.444 e. The van der Waals surface area contributed by atoms with Gasteiger partial charge in [-0.3, -0.25) is 24.1 Å².